The average molecular weight is 550 g/mol. The monoisotopic (exact) mass is 549 g/mol. The number of amides is 3. The van der Waals surface area contributed by atoms with Crippen LogP contribution in [0, 0.1) is 0 Å². The van der Waals surface area contributed by atoms with Gasteiger partial charge in [-0.05, 0) is 76.6 Å². The van der Waals surface area contributed by atoms with Crippen LogP contribution in [0.5, 0.6) is 0 Å². The highest BCUT2D eigenvalue weighted by molar-refractivity contribution is 5.94. The summed E-state index contributed by atoms with van der Waals surface area (Å²) in [6.45, 7) is 1.34. The minimum atomic E-state index is -1.19. The molecule has 1 aromatic rings. The van der Waals surface area contributed by atoms with E-state index in [2.05, 4.69) is 16.0 Å². The van der Waals surface area contributed by atoms with Crippen molar-refractivity contribution in [3.05, 3.63) is 35.9 Å². The van der Waals surface area contributed by atoms with E-state index in [1.165, 1.54) is 0 Å². The minimum Gasteiger partial charge on any atom is -0.480 e. The maximum absolute atomic E-state index is 13.3. The van der Waals surface area contributed by atoms with E-state index in [1.807, 2.05) is 6.07 Å². The number of hydrogen-bond donors (Lipinski definition) is 8. The molecule has 12 nitrogen and oxygen atoms in total. The van der Waals surface area contributed by atoms with Gasteiger partial charge in [0.2, 0.25) is 17.7 Å². The van der Waals surface area contributed by atoms with Crippen LogP contribution in [0.4, 0.5) is 0 Å². The molecule has 1 rings (SSSR count). The number of nitrogens with one attached hydrogen (secondary N) is 3. The number of aliphatic carboxylic acids is 1. The van der Waals surface area contributed by atoms with Crippen LogP contribution in [0.25, 0.3) is 0 Å². The lowest BCUT2D eigenvalue weighted by molar-refractivity contribution is -0.142. The zero-order valence-corrected chi connectivity index (χ0v) is 22.8. The molecule has 0 bridgehead atoms. The summed E-state index contributed by atoms with van der Waals surface area (Å²) in [6.07, 6.45) is 4.92. The lowest BCUT2D eigenvalue weighted by Crippen LogP contribution is -2.57. The second-order valence-electron chi connectivity index (χ2n) is 9.67. The van der Waals surface area contributed by atoms with Gasteiger partial charge in [0.15, 0.2) is 0 Å². The van der Waals surface area contributed by atoms with Crippen LogP contribution >= 0.6 is 0 Å². The molecule has 0 spiro atoms. The summed E-state index contributed by atoms with van der Waals surface area (Å²) in [4.78, 5) is 51.0. The number of carbonyl (C=O) groups is 4. The maximum atomic E-state index is 13.3. The Morgan fingerprint density at radius 3 is 1.54 bits per heavy atom. The topological polar surface area (TPSA) is 229 Å². The molecule has 12 heteroatoms. The predicted molar refractivity (Wildman–Crippen MR) is 150 cm³/mol. The second-order valence-corrected chi connectivity index (χ2v) is 9.67. The van der Waals surface area contributed by atoms with Crippen molar-refractivity contribution in [2.24, 2.45) is 22.9 Å². The normalized spacial score (nSPS) is 14.1. The van der Waals surface area contributed by atoms with E-state index in [0.29, 0.717) is 64.6 Å². The maximum Gasteiger partial charge on any atom is 0.326 e. The number of benzene rings is 1. The zero-order chi connectivity index (χ0) is 29.0. The summed E-state index contributed by atoms with van der Waals surface area (Å²) in [5.74, 6) is -2.81. The molecule has 0 aliphatic rings. The first-order valence-corrected chi connectivity index (χ1v) is 13.8. The van der Waals surface area contributed by atoms with E-state index in [4.69, 9.17) is 22.9 Å². The van der Waals surface area contributed by atoms with Gasteiger partial charge in [-0.3, -0.25) is 14.4 Å². The van der Waals surface area contributed by atoms with Crippen LogP contribution in [0.15, 0.2) is 30.3 Å². The Bertz CT molecular complexity index is 871. The Labute approximate surface area is 231 Å². The smallest absolute Gasteiger partial charge is 0.326 e. The summed E-state index contributed by atoms with van der Waals surface area (Å²) >= 11 is 0. The molecular weight excluding hydrogens is 502 g/mol. The third-order valence-corrected chi connectivity index (χ3v) is 6.36. The van der Waals surface area contributed by atoms with Crippen molar-refractivity contribution in [2.45, 2.75) is 88.4 Å². The van der Waals surface area contributed by atoms with Gasteiger partial charge in [0.25, 0.3) is 0 Å². The molecule has 4 unspecified atom stereocenters. The molecule has 0 aliphatic carbocycles. The van der Waals surface area contributed by atoms with Crippen LogP contribution in [0.2, 0.25) is 0 Å². The Morgan fingerprint density at radius 1 is 0.641 bits per heavy atom. The van der Waals surface area contributed by atoms with Crippen molar-refractivity contribution >= 4 is 23.7 Å². The lowest BCUT2D eigenvalue weighted by Gasteiger charge is -2.25. The van der Waals surface area contributed by atoms with Crippen molar-refractivity contribution < 1.29 is 24.3 Å². The molecule has 220 valence electrons. The van der Waals surface area contributed by atoms with E-state index in [-0.39, 0.29) is 12.8 Å². The Hall–Kier alpha value is -3.06. The highest BCUT2D eigenvalue weighted by Gasteiger charge is 2.30. The fourth-order valence-electron chi connectivity index (χ4n) is 4.04. The number of carboxylic acids is 1. The van der Waals surface area contributed by atoms with Crippen molar-refractivity contribution in [3.63, 3.8) is 0 Å². The number of nitrogens with two attached hydrogens (primary N) is 4. The summed E-state index contributed by atoms with van der Waals surface area (Å²) in [6, 6.07) is 5.04. The molecule has 0 radical (unpaired) electrons. The molecule has 0 saturated carbocycles. The Balaban J connectivity index is 2.97. The first kappa shape index (κ1) is 34.0. The van der Waals surface area contributed by atoms with Crippen molar-refractivity contribution in [1.82, 2.24) is 16.0 Å². The van der Waals surface area contributed by atoms with E-state index < -0.39 is 47.9 Å². The zero-order valence-electron chi connectivity index (χ0n) is 22.8. The standard InChI is InChI=1S/C27H47N7O5/c28-15-7-4-12-20(31)24(35)32-21(13-5-8-16-29)25(36)33-22(14-6-9-17-30)26(37)34-23(27(38)39)18-19-10-2-1-3-11-19/h1-3,10-11,20-23H,4-9,12-18,28-31H2,(H,32,35)(H,33,36)(H,34,37)(H,38,39). The number of carbonyl (C=O) groups excluding carboxylic acids is 3. The number of rotatable bonds is 21. The first-order chi connectivity index (χ1) is 18.7. The molecule has 4 atom stereocenters. The third-order valence-electron chi connectivity index (χ3n) is 6.36. The van der Waals surface area contributed by atoms with Crippen LogP contribution in [-0.4, -0.2) is 72.6 Å². The van der Waals surface area contributed by atoms with Gasteiger partial charge >= 0.3 is 5.97 Å². The highest BCUT2D eigenvalue weighted by Crippen LogP contribution is 2.09. The van der Waals surface area contributed by atoms with E-state index in [9.17, 15) is 24.3 Å². The molecule has 0 fully saturated rings. The predicted octanol–water partition coefficient (Wildman–Crippen LogP) is -0.518. The number of unbranched alkanes of at least 4 members (excludes halogenated alkanes) is 3. The van der Waals surface area contributed by atoms with E-state index >= 15 is 0 Å². The third kappa shape index (κ3) is 14.1. The van der Waals surface area contributed by atoms with Crippen LogP contribution in [0.3, 0.4) is 0 Å². The largest absolute Gasteiger partial charge is 0.480 e. The summed E-state index contributed by atoms with van der Waals surface area (Å²) < 4.78 is 0. The second kappa shape index (κ2) is 19.9. The van der Waals surface area contributed by atoms with Gasteiger partial charge in [0, 0.05) is 6.42 Å². The molecule has 0 saturated heterocycles. The summed E-state index contributed by atoms with van der Waals surface area (Å²) in [5, 5.41) is 17.7. The molecule has 3 amide bonds. The molecular formula is C27H47N7O5. The van der Waals surface area contributed by atoms with Crippen LogP contribution in [-0.2, 0) is 25.6 Å². The Kier molecular flexibility index (Phi) is 17.4. The Morgan fingerprint density at radius 2 is 1.08 bits per heavy atom. The van der Waals surface area contributed by atoms with Gasteiger partial charge < -0.3 is 44.0 Å². The van der Waals surface area contributed by atoms with Gasteiger partial charge in [-0.1, -0.05) is 36.8 Å². The fraction of sp³-hybridized carbons (Fsp3) is 0.630. The fourth-order valence-corrected chi connectivity index (χ4v) is 4.04. The lowest BCUT2D eigenvalue weighted by atomic mass is 10.0. The van der Waals surface area contributed by atoms with Crippen molar-refractivity contribution in [2.75, 3.05) is 19.6 Å². The number of hydrogen-bond acceptors (Lipinski definition) is 8. The van der Waals surface area contributed by atoms with Gasteiger partial charge in [0.1, 0.15) is 18.1 Å². The molecule has 0 aromatic heterocycles. The van der Waals surface area contributed by atoms with Crippen LogP contribution < -0.4 is 38.9 Å². The molecule has 0 heterocycles. The van der Waals surface area contributed by atoms with Gasteiger partial charge in [-0.25, -0.2) is 4.79 Å². The quantitative estimate of drug-likeness (QED) is 0.0921. The SMILES string of the molecule is NCCCCC(N)C(=O)NC(CCCCN)C(=O)NC(CCCCN)C(=O)NC(Cc1ccccc1)C(=O)O. The van der Waals surface area contributed by atoms with Gasteiger partial charge in [0.05, 0.1) is 6.04 Å². The molecule has 1 aromatic carbocycles. The highest BCUT2D eigenvalue weighted by atomic mass is 16.4. The first-order valence-electron chi connectivity index (χ1n) is 13.8. The molecule has 12 N–H and O–H groups in total. The summed E-state index contributed by atoms with van der Waals surface area (Å²) in [7, 11) is 0. The van der Waals surface area contributed by atoms with E-state index in [1.54, 1.807) is 24.3 Å². The van der Waals surface area contributed by atoms with Crippen LogP contribution in [0.1, 0.15) is 63.4 Å². The van der Waals surface area contributed by atoms with Gasteiger partial charge in [-0.2, -0.15) is 0 Å². The van der Waals surface area contributed by atoms with Gasteiger partial charge in [-0.15, -0.1) is 0 Å². The summed E-state index contributed by atoms with van der Waals surface area (Å²) in [5.41, 5.74) is 23.4. The van der Waals surface area contributed by atoms with Crippen molar-refractivity contribution in [3.8, 4) is 0 Å². The minimum absolute atomic E-state index is 0.0885. The van der Waals surface area contributed by atoms with E-state index in [0.717, 1.165) is 12.0 Å². The van der Waals surface area contributed by atoms with Crippen molar-refractivity contribution in [1.29, 1.82) is 0 Å². The average Bonchev–Trinajstić information content (AvgIpc) is 2.92. The number of carboxylic acid groups (broad SMARTS) is 1. The molecule has 0 aliphatic heterocycles. The molecule has 39 heavy (non-hydrogen) atoms.